The highest BCUT2D eigenvalue weighted by Crippen LogP contribution is 2.43. The maximum absolute atomic E-state index is 13.1. The molecule has 3 heterocycles. The molecule has 0 spiro atoms. The number of likely N-dealkylation sites (tertiary alicyclic amines) is 2. The van der Waals surface area contributed by atoms with Crippen molar-refractivity contribution in [1.29, 1.82) is 0 Å². The third kappa shape index (κ3) is 3.32. The summed E-state index contributed by atoms with van der Waals surface area (Å²) in [6.07, 6.45) is 0. The van der Waals surface area contributed by atoms with E-state index in [4.69, 9.17) is 9.26 Å². The zero-order chi connectivity index (χ0) is 20.6. The summed E-state index contributed by atoms with van der Waals surface area (Å²) in [5.41, 5.74) is 1.03. The Bertz CT molecular complexity index is 912. The first-order valence-corrected chi connectivity index (χ1v) is 9.67. The average molecular weight is 399 g/mol. The number of methoxy groups -OCH3 is 1. The molecule has 1 aromatic heterocycles. The summed E-state index contributed by atoms with van der Waals surface area (Å²) in [7, 11) is 1.56. The largest absolute Gasteiger partial charge is 0.396 e. The number of aliphatic hydroxyl groups is 1. The average Bonchev–Trinajstić information content (AvgIpc) is 3.39. The topological polar surface area (TPSA) is 96.1 Å². The zero-order valence-electron chi connectivity index (χ0n) is 16.6. The van der Waals surface area contributed by atoms with Gasteiger partial charge in [0.2, 0.25) is 0 Å². The minimum atomic E-state index is -0.514. The van der Waals surface area contributed by atoms with Gasteiger partial charge in [0.15, 0.2) is 5.69 Å². The van der Waals surface area contributed by atoms with E-state index in [1.54, 1.807) is 36.0 Å². The number of hydrogen-bond donors (Lipinski definition) is 1. The Kier molecular flexibility index (Phi) is 5.14. The van der Waals surface area contributed by atoms with Crippen molar-refractivity contribution in [3.8, 4) is 0 Å². The Labute approximate surface area is 169 Å². The van der Waals surface area contributed by atoms with Crippen LogP contribution in [0.2, 0.25) is 0 Å². The lowest BCUT2D eigenvalue weighted by Gasteiger charge is -2.27. The number of nitrogens with zero attached hydrogens (tertiary/aromatic N) is 3. The van der Waals surface area contributed by atoms with Crippen LogP contribution in [-0.4, -0.2) is 71.8 Å². The van der Waals surface area contributed by atoms with Gasteiger partial charge in [-0.05, 0) is 19.1 Å². The highest BCUT2D eigenvalue weighted by molar-refractivity contribution is 5.95. The molecule has 0 radical (unpaired) electrons. The molecule has 2 aliphatic rings. The predicted molar refractivity (Wildman–Crippen MR) is 103 cm³/mol. The lowest BCUT2D eigenvalue weighted by molar-refractivity contribution is 0.0659. The number of benzene rings is 1. The molecule has 0 saturated carbocycles. The molecule has 8 nitrogen and oxygen atoms in total. The van der Waals surface area contributed by atoms with Gasteiger partial charge in [-0.25, -0.2) is 0 Å². The van der Waals surface area contributed by atoms with Crippen molar-refractivity contribution in [2.24, 2.45) is 11.3 Å². The van der Waals surface area contributed by atoms with E-state index in [0.717, 1.165) is 0 Å². The molecule has 2 aliphatic heterocycles. The SMILES string of the molecule is COCc1c(C(=O)N2C[C@H]3CN(C(=O)c4ccccc4)C[C@@]3(CO)C2)noc1C. The summed E-state index contributed by atoms with van der Waals surface area (Å²) in [4.78, 5) is 29.4. The van der Waals surface area contributed by atoms with Crippen molar-refractivity contribution in [2.75, 3.05) is 39.9 Å². The second-order valence-electron chi connectivity index (χ2n) is 7.95. The van der Waals surface area contributed by atoms with E-state index in [0.29, 0.717) is 43.1 Å². The molecule has 2 saturated heterocycles. The monoisotopic (exact) mass is 399 g/mol. The number of aliphatic hydroxyl groups excluding tert-OH is 1. The van der Waals surface area contributed by atoms with Crippen molar-refractivity contribution in [3.05, 3.63) is 52.9 Å². The van der Waals surface area contributed by atoms with Crippen LogP contribution in [0.3, 0.4) is 0 Å². The molecule has 0 bridgehead atoms. The van der Waals surface area contributed by atoms with Crippen LogP contribution >= 0.6 is 0 Å². The highest BCUT2D eigenvalue weighted by Gasteiger charge is 2.54. The second kappa shape index (κ2) is 7.61. The fourth-order valence-corrected chi connectivity index (χ4v) is 4.50. The van der Waals surface area contributed by atoms with Gasteiger partial charge in [-0.3, -0.25) is 9.59 Å². The molecule has 8 heteroatoms. The van der Waals surface area contributed by atoms with Crippen LogP contribution in [0.15, 0.2) is 34.9 Å². The van der Waals surface area contributed by atoms with Gasteiger partial charge in [-0.2, -0.15) is 0 Å². The number of fused-ring (bicyclic) bond motifs is 1. The minimum Gasteiger partial charge on any atom is -0.396 e. The zero-order valence-corrected chi connectivity index (χ0v) is 16.6. The van der Waals surface area contributed by atoms with Gasteiger partial charge in [0.25, 0.3) is 11.8 Å². The Balaban J connectivity index is 1.50. The Morgan fingerprint density at radius 2 is 1.86 bits per heavy atom. The van der Waals surface area contributed by atoms with E-state index in [-0.39, 0.29) is 36.6 Å². The molecule has 4 rings (SSSR count). The molecule has 2 aromatic rings. The highest BCUT2D eigenvalue weighted by atomic mass is 16.5. The number of aromatic nitrogens is 1. The van der Waals surface area contributed by atoms with Crippen LogP contribution in [0.1, 0.15) is 32.2 Å². The number of carbonyl (C=O) groups is 2. The fourth-order valence-electron chi connectivity index (χ4n) is 4.50. The fraction of sp³-hybridized carbons (Fsp3) is 0.476. The Morgan fingerprint density at radius 1 is 1.21 bits per heavy atom. The number of aryl methyl sites for hydroxylation is 1. The number of ether oxygens (including phenoxy) is 1. The van der Waals surface area contributed by atoms with Gasteiger partial charge in [0, 0.05) is 50.2 Å². The first-order valence-electron chi connectivity index (χ1n) is 9.67. The van der Waals surface area contributed by atoms with Crippen LogP contribution in [0.25, 0.3) is 0 Å². The van der Waals surface area contributed by atoms with E-state index >= 15 is 0 Å². The molecule has 1 N–H and O–H groups in total. The first kappa shape index (κ1) is 19.6. The van der Waals surface area contributed by atoms with Crippen molar-refractivity contribution in [3.63, 3.8) is 0 Å². The van der Waals surface area contributed by atoms with Gasteiger partial charge in [-0.1, -0.05) is 23.4 Å². The van der Waals surface area contributed by atoms with Crippen molar-refractivity contribution in [1.82, 2.24) is 15.0 Å². The normalized spacial score (nSPS) is 23.5. The van der Waals surface area contributed by atoms with Gasteiger partial charge >= 0.3 is 0 Å². The lowest BCUT2D eigenvalue weighted by Crippen LogP contribution is -2.40. The Hall–Kier alpha value is -2.71. The van der Waals surface area contributed by atoms with E-state index in [1.165, 1.54) is 0 Å². The molecule has 0 aliphatic carbocycles. The van der Waals surface area contributed by atoms with Crippen LogP contribution in [-0.2, 0) is 11.3 Å². The van der Waals surface area contributed by atoms with Crippen molar-refractivity contribution < 1.29 is 24.0 Å². The molecule has 0 unspecified atom stereocenters. The van der Waals surface area contributed by atoms with E-state index < -0.39 is 5.41 Å². The maximum Gasteiger partial charge on any atom is 0.276 e. The summed E-state index contributed by atoms with van der Waals surface area (Å²) >= 11 is 0. The predicted octanol–water partition coefficient (Wildman–Crippen LogP) is 1.34. The molecule has 2 fully saturated rings. The molecule has 154 valence electrons. The second-order valence-corrected chi connectivity index (χ2v) is 7.95. The third-order valence-corrected chi connectivity index (χ3v) is 6.15. The molecule has 2 amide bonds. The Morgan fingerprint density at radius 3 is 2.45 bits per heavy atom. The quantitative estimate of drug-likeness (QED) is 0.815. The van der Waals surface area contributed by atoms with E-state index in [9.17, 15) is 14.7 Å². The number of amides is 2. The summed E-state index contributed by atoms with van der Waals surface area (Å²) in [5.74, 6) is 0.311. The van der Waals surface area contributed by atoms with Gasteiger partial charge in [-0.15, -0.1) is 0 Å². The molecular weight excluding hydrogens is 374 g/mol. The number of hydrogen-bond acceptors (Lipinski definition) is 6. The number of rotatable bonds is 5. The van der Waals surface area contributed by atoms with Crippen molar-refractivity contribution >= 4 is 11.8 Å². The maximum atomic E-state index is 13.1. The molecule has 2 atom stereocenters. The van der Waals surface area contributed by atoms with Gasteiger partial charge < -0.3 is 24.2 Å². The molecule has 29 heavy (non-hydrogen) atoms. The van der Waals surface area contributed by atoms with Gasteiger partial charge in [0.05, 0.1) is 18.8 Å². The minimum absolute atomic E-state index is 0.0167. The number of carbonyl (C=O) groups excluding carboxylic acids is 2. The summed E-state index contributed by atoms with van der Waals surface area (Å²) < 4.78 is 10.4. The smallest absolute Gasteiger partial charge is 0.276 e. The van der Waals surface area contributed by atoms with E-state index in [2.05, 4.69) is 5.16 Å². The van der Waals surface area contributed by atoms with Gasteiger partial charge in [0.1, 0.15) is 5.76 Å². The summed E-state index contributed by atoms with van der Waals surface area (Å²) in [6, 6.07) is 9.13. The lowest BCUT2D eigenvalue weighted by atomic mass is 9.82. The first-order chi connectivity index (χ1) is 14.0. The third-order valence-electron chi connectivity index (χ3n) is 6.15. The van der Waals surface area contributed by atoms with Crippen LogP contribution in [0, 0.1) is 18.3 Å². The summed E-state index contributed by atoms with van der Waals surface area (Å²) in [6.45, 7) is 3.70. The van der Waals surface area contributed by atoms with Crippen LogP contribution in [0.4, 0.5) is 0 Å². The molecule has 1 aromatic carbocycles. The summed E-state index contributed by atoms with van der Waals surface area (Å²) in [5, 5.41) is 14.1. The van der Waals surface area contributed by atoms with Crippen molar-refractivity contribution in [2.45, 2.75) is 13.5 Å². The standard InChI is InChI=1S/C21H25N3O5/c1-14-17(10-28-2)18(22-29-14)20(27)24-9-16-8-23(11-21(16,12-24)13-25)19(26)15-6-4-3-5-7-15/h3-7,16,25H,8-13H2,1-2H3/t16-,21+/m1/s1. The van der Waals surface area contributed by atoms with E-state index in [1.807, 2.05) is 18.2 Å². The van der Waals surface area contributed by atoms with Crippen LogP contribution < -0.4 is 0 Å². The molecular formula is C21H25N3O5. The van der Waals surface area contributed by atoms with Crippen LogP contribution in [0.5, 0.6) is 0 Å².